The predicted octanol–water partition coefficient (Wildman–Crippen LogP) is 4.48. The number of fused-ring (bicyclic) bond motifs is 3. The molecule has 0 bridgehead atoms. The molecule has 3 aromatic heterocycles. The summed E-state index contributed by atoms with van der Waals surface area (Å²) in [6, 6.07) is 11.9. The molecule has 6 heteroatoms. The summed E-state index contributed by atoms with van der Waals surface area (Å²) in [5.74, 6) is 0.552. The normalized spacial score (nSPS) is 12.1. The number of hydrogen-bond donors (Lipinski definition) is 0. The van der Waals surface area contributed by atoms with E-state index in [9.17, 15) is 4.79 Å². The first-order valence-electron chi connectivity index (χ1n) is 8.61. The zero-order valence-corrected chi connectivity index (χ0v) is 16.1. The van der Waals surface area contributed by atoms with Gasteiger partial charge in [-0.3, -0.25) is 4.79 Å². The van der Waals surface area contributed by atoms with Crippen LogP contribution in [-0.2, 0) is 0 Å². The first-order valence-corrected chi connectivity index (χ1v) is 9.42. The van der Waals surface area contributed by atoms with Crippen LogP contribution in [0.25, 0.3) is 26.5 Å². The molecule has 0 aliphatic rings. The van der Waals surface area contributed by atoms with Crippen molar-refractivity contribution in [1.82, 2.24) is 14.6 Å². The van der Waals surface area contributed by atoms with Crippen LogP contribution in [-0.4, -0.2) is 20.9 Å². The van der Waals surface area contributed by atoms with Crippen LogP contribution in [0.5, 0.6) is 0 Å². The van der Waals surface area contributed by atoms with Gasteiger partial charge in [0.2, 0.25) is 0 Å². The van der Waals surface area contributed by atoms with Crippen LogP contribution in [0, 0.1) is 20.8 Å². The fourth-order valence-corrected chi connectivity index (χ4v) is 4.25. The quantitative estimate of drug-likeness (QED) is 0.497. The lowest BCUT2D eigenvalue weighted by Gasteiger charge is -2.03. The van der Waals surface area contributed by atoms with Gasteiger partial charge in [0.05, 0.1) is 5.52 Å². The lowest BCUT2D eigenvalue weighted by Crippen LogP contribution is -2.19. The van der Waals surface area contributed by atoms with Crippen molar-refractivity contribution in [2.45, 2.75) is 20.8 Å². The summed E-state index contributed by atoms with van der Waals surface area (Å²) in [6.45, 7) is 5.77. The second kappa shape index (κ2) is 6.89. The number of nitrogens with zero attached hydrogens (tertiary/aromatic N) is 4. The van der Waals surface area contributed by atoms with Gasteiger partial charge >= 0.3 is 0 Å². The molecule has 0 amide bonds. The van der Waals surface area contributed by atoms with Gasteiger partial charge in [-0.1, -0.05) is 36.4 Å². The highest BCUT2D eigenvalue weighted by Crippen LogP contribution is 2.32. The van der Waals surface area contributed by atoms with Crippen LogP contribution in [0.3, 0.4) is 0 Å². The molecule has 0 aliphatic heterocycles. The zero-order valence-electron chi connectivity index (χ0n) is 15.3. The Bertz CT molecular complexity index is 1270. The van der Waals surface area contributed by atoms with Gasteiger partial charge < -0.3 is 0 Å². The molecule has 0 atom stereocenters. The van der Waals surface area contributed by atoms with E-state index in [0.29, 0.717) is 16.0 Å². The van der Waals surface area contributed by atoms with Crippen molar-refractivity contribution < 1.29 is 0 Å². The van der Waals surface area contributed by atoms with E-state index in [1.807, 2.05) is 62.4 Å². The molecule has 0 aliphatic carbocycles. The molecular formula is C21H18N4OS. The number of rotatable bonds is 3. The van der Waals surface area contributed by atoms with Crippen molar-refractivity contribution in [3.63, 3.8) is 0 Å². The van der Waals surface area contributed by atoms with E-state index in [1.54, 1.807) is 13.1 Å². The largest absolute Gasteiger partial charge is 0.292 e. The van der Waals surface area contributed by atoms with E-state index in [4.69, 9.17) is 0 Å². The van der Waals surface area contributed by atoms with Crippen LogP contribution >= 0.6 is 11.3 Å². The molecule has 0 fully saturated rings. The summed E-state index contributed by atoms with van der Waals surface area (Å²) < 4.78 is 1.93. The van der Waals surface area contributed by atoms with E-state index in [2.05, 4.69) is 15.1 Å². The molecule has 27 heavy (non-hydrogen) atoms. The number of hydrogen-bond acceptors (Lipinski definition) is 5. The molecule has 5 nitrogen and oxygen atoms in total. The molecule has 4 aromatic rings. The topological polar surface area (TPSA) is 60.1 Å². The highest BCUT2D eigenvalue weighted by atomic mass is 32.1. The van der Waals surface area contributed by atoms with Crippen LogP contribution in [0.4, 0.5) is 0 Å². The van der Waals surface area contributed by atoms with E-state index < -0.39 is 0 Å². The lowest BCUT2D eigenvalue weighted by atomic mass is 10.1. The number of allylic oxidation sites excluding steroid dienone is 1. The van der Waals surface area contributed by atoms with Crippen LogP contribution in [0.1, 0.15) is 22.6 Å². The highest BCUT2D eigenvalue weighted by Gasteiger charge is 2.16. The average molecular weight is 374 g/mol. The molecule has 0 saturated carbocycles. The summed E-state index contributed by atoms with van der Waals surface area (Å²) in [6.07, 6.45) is 5.35. The highest BCUT2D eigenvalue weighted by molar-refractivity contribution is 7.25. The fraction of sp³-hybridized carbons (Fsp3) is 0.143. The molecular weight excluding hydrogens is 356 g/mol. The number of aromatic nitrogens is 3. The van der Waals surface area contributed by atoms with E-state index >= 15 is 0 Å². The van der Waals surface area contributed by atoms with E-state index in [-0.39, 0.29) is 5.56 Å². The number of benzene rings is 1. The number of aryl methyl sites for hydroxylation is 3. The molecule has 0 spiro atoms. The zero-order chi connectivity index (χ0) is 19.0. The Morgan fingerprint density at radius 1 is 1.11 bits per heavy atom. The third-order valence-corrected chi connectivity index (χ3v) is 5.35. The molecule has 4 rings (SSSR count). The van der Waals surface area contributed by atoms with Crippen LogP contribution < -0.4 is 5.56 Å². The van der Waals surface area contributed by atoms with Gasteiger partial charge in [-0.2, -0.15) is 9.78 Å². The van der Waals surface area contributed by atoms with Crippen LogP contribution in [0.2, 0.25) is 0 Å². The predicted molar refractivity (Wildman–Crippen MR) is 113 cm³/mol. The molecule has 1 aromatic carbocycles. The third-order valence-electron chi connectivity index (χ3n) is 4.29. The summed E-state index contributed by atoms with van der Waals surface area (Å²) in [5.41, 5.74) is 3.65. The molecule has 3 heterocycles. The smallest absolute Gasteiger partial charge is 0.266 e. The van der Waals surface area contributed by atoms with Gasteiger partial charge in [-0.25, -0.2) is 9.97 Å². The van der Waals surface area contributed by atoms with Crippen molar-refractivity contribution in [2.75, 3.05) is 0 Å². The Morgan fingerprint density at radius 2 is 1.89 bits per heavy atom. The van der Waals surface area contributed by atoms with Crippen molar-refractivity contribution >= 4 is 44.1 Å². The van der Waals surface area contributed by atoms with Crippen LogP contribution in [0.15, 0.2) is 52.4 Å². The summed E-state index contributed by atoms with van der Waals surface area (Å²) in [7, 11) is 0. The van der Waals surface area contributed by atoms with E-state index in [1.165, 1.54) is 16.0 Å². The van der Waals surface area contributed by atoms with Gasteiger partial charge in [0.25, 0.3) is 5.56 Å². The van der Waals surface area contributed by atoms with Gasteiger partial charge in [-0.05, 0) is 44.0 Å². The SMILES string of the molecule is Cc1cc(C)c2c(n1)sc1c(=O)n(/N=C/C=C/c3ccccc3)c(C)nc12. The number of thiophene rings is 1. The molecule has 134 valence electrons. The standard InChI is InChI=1S/C21H18N4OS/c1-13-12-14(2)23-20-17(13)18-19(27-20)21(26)25(15(3)24-18)22-11-7-10-16-8-5-4-6-9-16/h4-12H,1-3H3/b10-7+,22-11+. The Kier molecular flexibility index (Phi) is 4.41. The minimum Gasteiger partial charge on any atom is -0.266 e. The second-order valence-electron chi connectivity index (χ2n) is 6.35. The Morgan fingerprint density at radius 3 is 2.67 bits per heavy atom. The average Bonchev–Trinajstić information content (AvgIpc) is 3.00. The molecule has 0 unspecified atom stereocenters. The minimum absolute atomic E-state index is 0.165. The fourth-order valence-electron chi connectivity index (χ4n) is 3.09. The molecule has 0 N–H and O–H groups in total. The van der Waals surface area contributed by atoms with Crippen molar-refractivity contribution in [2.24, 2.45) is 5.10 Å². The summed E-state index contributed by atoms with van der Waals surface area (Å²) >= 11 is 1.38. The maximum absolute atomic E-state index is 12.9. The maximum Gasteiger partial charge on any atom is 0.292 e. The second-order valence-corrected chi connectivity index (χ2v) is 7.35. The Labute approximate surface area is 160 Å². The van der Waals surface area contributed by atoms with Gasteiger partial charge in [0.15, 0.2) is 0 Å². The monoisotopic (exact) mass is 374 g/mol. The summed E-state index contributed by atoms with van der Waals surface area (Å²) in [5, 5.41) is 5.26. The first-order chi connectivity index (χ1) is 13.0. The van der Waals surface area contributed by atoms with Gasteiger partial charge in [0, 0.05) is 17.3 Å². The van der Waals surface area contributed by atoms with Crippen molar-refractivity contribution in [3.05, 3.63) is 75.5 Å². The number of pyridine rings is 1. The van der Waals surface area contributed by atoms with Gasteiger partial charge in [-0.15, -0.1) is 11.3 Å². The third kappa shape index (κ3) is 3.19. The lowest BCUT2D eigenvalue weighted by molar-refractivity contribution is 0.773. The summed E-state index contributed by atoms with van der Waals surface area (Å²) in [4.78, 5) is 23.0. The molecule has 0 radical (unpaired) electrons. The van der Waals surface area contributed by atoms with Crippen molar-refractivity contribution in [1.29, 1.82) is 0 Å². The molecule has 0 saturated heterocycles. The Hall–Kier alpha value is -3.12. The minimum atomic E-state index is -0.165. The first kappa shape index (κ1) is 17.3. The van der Waals surface area contributed by atoms with E-state index in [0.717, 1.165) is 27.0 Å². The van der Waals surface area contributed by atoms with Crippen molar-refractivity contribution in [3.8, 4) is 0 Å². The Balaban J connectivity index is 1.79. The maximum atomic E-state index is 12.9. The van der Waals surface area contributed by atoms with Gasteiger partial charge in [0.1, 0.15) is 15.4 Å².